The number of carbonyl (C=O) groups is 1. The molecule has 3 rings (SSSR count). The zero-order valence-electron chi connectivity index (χ0n) is 17.5. The Kier molecular flexibility index (Phi) is 11.0. The van der Waals surface area contributed by atoms with Gasteiger partial charge in [0, 0.05) is 69.2 Å². The van der Waals surface area contributed by atoms with E-state index in [4.69, 9.17) is 0 Å². The number of aliphatic imine (C=N–C) groups is 1. The van der Waals surface area contributed by atoms with Gasteiger partial charge in [-0.1, -0.05) is 24.3 Å². The van der Waals surface area contributed by atoms with Gasteiger partial charge in [-0.05, 0) is 30.5 Å². The van der Waals surface area contributed by atoms with E-state index >= 15 is 0 Å². The van der Waals surface area contributed by atoms with Crippen molar-refractivity contribution in [3.63, 3.8) is 0 Å². The molecular weight excluding hydrogens is 509 g/mol. The summed E-state index contributed by atoms with van der Waals surface area (Å²) in [6, 6.07) is 14.6. The van der Waals surface area contributed by atoms with Crippen LogP contribution in [0.2, 0.25) is 0 Å². The van der Waals surface area contributed by atoms with E-state index in [1.807, 2.05) is 17.9 Å². The average Bonchev–Trinajstić information content (AvgIpc) is 3.28. The Hall–Kier alpha value is -1.81. The SMILES string of the molecule is CCNC(=NCCc1cccs1)NCCC(=O)N1CCN(c2ccccc2)CC1.I. The molecule has 0 radical (unpaired) electrons. The number of halogens is 1. The predicted octanol–water partition coefficient (Wildman–Crippen LogP) is 3.20. The van der Waals surface area contributed by atoms with Gasteiger partial charge in [0.1, 0.15) is 0 Å². The molecule has 30 heavy (non-hydrogen) atoms. The summed E-state index contributed by atoms with van der Waals surface area (Å²) < 4.78 is 0. The van der Waals surface area contributed by atoms with Crippen molar-refractivity contribution in [2.75, 3.05) is 50.7 Å². The van der Waals surface area contributed by atoms with Crippen molar-refractivity contribution < 1.29 is 4.79 Å². The Balaban J connectivity index is 0.00000320. The number of hydrogen-bond acceptors (Lipinski definition) is 4. The summed E-state index contributed by atoms with van der Waals surface area (Å²) in [4.78, 5) is 22.8. The van der Waals surface area contributed by atoms with E-state index in [0.29, 0.717) is 13.0 Å². The van der Waals surface area contributed by atoms with E-state index in [9.17, 15) is 4.79 Å². The topological polar surface area (TPSA) is 60.0 Å². The highest BCUT2D eigenvalue weighted by Crippen LogP contribution is 2.15. The maximum atomic E-state index is 12.6. The molecule has 1 aliphatic heterocycles. The normalized spacial score (nSPS) is 14.2. The minimum Gasteiger partial charge on any atom is -0.368 e. The van der Waals surface area contributed by atoms with Crippen molar-refractivity contribution in [2.45, 2.75) is 19.8 Å². The van der Waals surface area contributed by atoms with Crippen LogP contribution in [0, 0.1) is 0 Å². The standard InChI is InChI=1S/C22H31N5OS.HI/c1-2-23-22(24-12-10-20-9-6-18-29-20)25-13-11-21(28)27-16-14-26(15-17-27)19-7-4-3-5-8-19;/h3-9,18H,2,10-17H2,1H3,(H2,23,24,25);1H. The highest BCUT2D eigenvalue weighted by Gasteiger charge is 2.20. The Morgan fingerprint density at radius 2 is 1.83 bits per heavy atom. The van der Waals surface area contributed by atoms with Gasteiger partial charge in [0.15, 0.2) is 5.96 Å². The summed E-state index contributed by atoms with van der Waals surface area (Å²) in [7, 11) is 0. The second-order valence-corrected chi connectivity index (χ2v) is 8.00. The van der Waals surface area contributed by atoms with Crippen LogP contribution < -0.4 is 15.5 Å². The van der Waals surface area contributed by atoms with Crippen molar-refractivity contribution in [2.24, 2.45) is 4.99 Å². The third-order valence-corrected chi connectivity index (χ3v) is 5.87. The molecule has 1 amide bonds. The van der Waals surface area contributed by atoms with Crippen LogP contribution in [0.4, 0.5) is 5.69 Å². The molecule has 0 bridgehead atoms. The first-order valence-corrected chi connectivity index (χ1v) is 11.3. The molecular formula is C22H32IN5OS. The molecule has 164 valence electrons. The summed E-state index contributed by atoms with van der Waals surface area (Å²) >= 11 is 1.76. The van der Waals surface area contributed by atoms with Crippen LogP contribution in [0.25, 0.3) is 0 Å². The molecule has 6 nitrogen and oxygen atoms in total. The summed E-state index contributed by atoms with van der Waals surface area (Å²) in [5.41, 5.74) is 1.23. The number of piperazine rings is 1. The molecule has 0 aliphatic carbocycles. The van der Waals surface area contributed by atoms with Gasteiger partial charge in [-0.3, -0.25) is 9.79 Å². The van der Waals surface area contributed by atoms with E-state index in [-0.39, 0.29) is 29.9 Å². The molecule has 0 atom stereocenters. The van der Waals surface area contributed by atoms with E-state index in [1.165, 1.54) is 10.6 Å². The largest absolute Gasteiger partial charge is 0.368 e. The number of nitrogens with zero attached hydrogens (tertiary/aromatic N) is 3. The Morgan fingerprint density at radius 1 is 1.07 bits per heavy atom. The van der Waals surface area contributed by atoms with Crippen LogP contribution >= 0.6 is 35.3 Å². The van der Waals surface area contributed by atoms with Gasteiger partial charge in [-0.25, -0.2) is 0 Å². The lowest BCUT2D eigenvalue weighted by molar-refractivity contribution is -0.131. The van der Waals surface area contributed by atoms with E-state index in [0.717, 1.165) is 51.6 Å². The van der Waals surface area contributed by atoms with Crippen molar-refractivity contribution in [3.05, 3.63) is 52.7 Å². The number of hydrogen-bond donors (Lipinski definition) is 2. The second kappa shape index (κ2) is 13.5. The molecule has 1 aromatic heterocycles. The fraction of sp³-hybridized carbons (Fsp3) is 0.455. The maximum absolute atomic E-state index is 12.6. The third-order valence-electron chi connectivity index (χ3n) is 4.94. The minimum atomic E-state index is 0. The number of benzene rings is 1. The first-order valence-electron chi connectivity index (χ1n) is 10.4. The number of carbonyl (C=O) groups excluding carboxylic acids is 1. The number of amides is 1. The second-order valence-electron chi connectivity index (χ2n) is 6.97. The number of thiophene rings is 1. The van der Waals surface area contributed by atoms with Gasteiger partial charge < -0.3 is 20.4 Å². The molecule has 2 aromatic rings. The maximum Gasteiger partial charge on any atom is 0.224 e. The number of rotatable bonds is 8. The van der Waals surface area contributed by atoms with Crippen molar-refractivity contribution in [3.8, 4) is 0 Å². The first kappa shape index (κ1) is 24.5. The van der Waals surface area contributed by atoms with Gasteiger partial charge in [0.2, 0.25) is 5.91 Å². The molecule has 1 saturated heterocycles. The lowest BCUT2D eigenvalue weighted by Crippen LogP contribution is -2.49. The summed E-state index contributed by atoms with van der Waals surface area (Å²) in [5, 5.41) is 8.63. The van der Waals surface area contributed by atoms with E-state index < -0.39 is 0 Å². The smallest absolute Gasteiger partial charge is 0.224 e. The molecule has 0 saturated carbocycles. The molecule has 1 aromatic carbocycles. The van der Waals surface area contributed by atoms with Gasteiger partial charge in [0.05, 0.1) is 0 Å². The Bertz CT molecular complexity index is 761. The van der Waals surface area contributed by atoms with Crippen LogP contribution in [0.15, 0.2) is 52.8 Å². The van der Waals surface area contributed by atoms with Gasteiger partial charge in [0.25, 0.3) is 0 Å². The van der Waals surface area contributed by atoms with Crippen molar-refractivity contribution in [1.29, 1.82) is 0 Å². The Morgan fingerprint density at radius 3 is 2.50 bits per heavy atom. The highest BCUT2D eigenvalue weighted by molar-refractivity contribution is 14.0. The fourth-order valence-corrected chi connectivity index (χ4v) is 4.07. The summed E-state index contributed by atoms with van der Waals surface area (Å²) in [5.74, 6) is 0.991. The van der Waals surface area contributed by atoms with Crippen LogP contribution in [0.3, 0.4) is 0 Å². The van der Waals surface area contributed by atoms with Crippen LogP contribution in [0.5, 0.6) is 0 Å². The van der Waals surface area contributed by atoms with Crippen molar-refractivity contribution in [1.82, 2.24) is 15.5 Å². The summed E-state index contributed by atoms with van der Waals surface area (Å²) in [6.07, 6.45) is 1.43. The number of nitrogens with one attached hydrogen (secondary N) is 2. The van der Waals surface area contributed by atoms with Crippen molar-refractivity contribution >= 4 is 52.9 Å². The monoisotopic (exact) mass is 541 g/mol. The van der Waals surface area contributed by atoms with Gasteiger partial charge >= 0.3 is 0 Å². The molecule has 2 N–H and O–H groups in total. The summed E-state index contributed by atoms with van der Waals surface area (Å²) in [6.45, 7) is 7.53. The zero-order chi connectivity index (χ0) is 20.3. The fourth-order valence-electron chi connectivity index (χ4n) is 3.37. The average molecular weight is 542 g/mol. The minimum absolute atomic E-state index is 0. The molecule has 0 spiro atoms. The third kappa shape index (κ3) is 7.79. The van der Waals surface area contributed by atoms with E-state index in [2.05, 4.69) is 62.3 Å². The van der Waals surface area contributed by atoms with Gasteiger partial charge in [-0.15, -0.1) is 35.3 Å². The zero-order valence-corrected chi connectivity index (χ0v) is 20.7. The van der Waals surface area contributed by atoms with Crippen LogP contribution in [-0.2, 0) is 11.2 Å². The Labute approximate surface area is 200 Å². The molecule has 0 unspecified atom stereocenters. The number of para-hydroxylation sites is 1. The number of guanidine groups is 1. The van der Waals surface area contributed by atoms with Gasteiger partial charge in [-0.2, -0.15) is 0 Å². The molecule has 8 heteroatoms. The quantitative estimate of drug-likeness (QED) is 0.306. The van der Waals surface area contributed by atoms with Crippen LogP contribution in [0.1, 0.15) is 18.2 Å². The van der Waals surface area contributed by atoms with Crippen LogP contribution in [-0.4, -0.2) is 62.6 Å². The van der Waals surface area contributed by atoms with E-state index in [1.54, 1.807) is 11.3 Å². The lowest BCUT2D eigenvalue weighted by atomic mass is 10.2. The lowest BCUT2D eigenvalue weighted by Gasteiger charge is -2.36. The molecule has 1 aliphatic rings. The molecule has 2 heterocycles. The first-order chi connectivity index (χ1) is 14.3. The predicted molar refractivity (Wildman–Crippen MR) is 137 cm³/mol. The highest BCUT2D eigenvalue weighted by atomic mass is 127. The molecule has 1 fully saturated rings. The number of anilines is 1.